The van der Waals surface area contributed by atoms with E-state index in [0.29, 0.717) is 6.54 Å². The Balaban J connectivity index is 1.98. The van der Waals surface area contributed by atoms with Gasteiger partial charge in [-0.3, -0.25) is 4.79 Å². The van der Waals surface area contributed by atoms with Crippen LogP contribution < -0.4 is 0 Å². The van der Waals surface area contributed by atoms with Gasteiger partial charge in [-0.1, -0.05) is 18.2 Å². The van der Waals surface area contributed by atoms with Gasteiger partial charge in [-0.05, 0) is 24.5 Å². The van der Waals surface area contributed by atoms with Crippen LogP contribution in [0.15, 0.2) is 35.2 Å². The van der Waals surface area contributed by atoms with Gasteiger partial charge in [-0.15, -0.1) is 0 Å². The fourth-order valence-electron chi connectivity index (χ4n) is 2.18. The monoisotopic (exact) mass is 237 g/mol. The van der Waals surface area contributed by atoms with Crippen LogP contribution in [-0.2, 0) is 14.8 Å². The molecule has 1 heterocycles. The molecule has 2 atom stereocenters. The van der Waals surface area contributed by atoms with Gasteiger partial charge in [0.2, 0.25) is 5.91 Å². The Labute approximate surface area is 93.9 Å². The maximum Gasteiger partial charge on any atom is 0.266 e. The van der Waals surface area contributed by atoms with Gasteiger partial charge in [0.25, 0.3) is 10.0 Å². The van der Waals surface area contributed by atoms with E-state index in [1.165, 1.54) is 12.1 Å². The standard InChI is InChI=1S/C11H11NO3S/c13-11-10-6-8(10)7-12(11)16(14,15)9-4-2-1-3-5-9/h1-5,8,10H,6-7H2. The first-order valence-corrected chi connectivity index (χ1v) is 6.66. The highest BCUT2D eigenvalue weighted by atomic mass is 32.2. The lowest BCUT2D eigenvalue weighted by atomic mass is 10.4. The van der Waals surface area contributed by atoms with Crippen molar-refractivity contribution in [3.63, 3.8) is 0 Å². The summed E-state index contributed by atoms with van der Waals surface area (Å²) in [4.78, 5) is 11.9. The van der Waals surface area contributed by atoms with Gasteiger partial charge in [0.05, 0.1) is 4.90 Å². The van der Waals surface area contributed by atoms with E-state index >= 15 is 0 Å². The second-order valence-corrected chi connectivity index (χ2v) is 6.15. The molecule has 84 valence electrons. The zero-order chi connectivity index (χ0) is 11.3. The van der Waals surface area contributed by atoms with E-state index in [-0.39, 0.29) is 22.6 Å². The van der Waals surface area contributed by atoms with Crippen molar-refractivity contribution in [3.05, 3.63) is 30.3 Å². The molecule has 0 aromatic heterocycles. The summed E-state index contributed by atoms with van der Waals surface area (Å²) in [6.45, 7) is 0.362. The normalized spacial score (nSPS) is 28.0. The summed E-state index contributed by atoms with van der Waals surface area (Å²) in [7, 11) is -3.61. The Kier molecular flexibility index (Phi) is 1.89. The van der Waals surface area contributed by atoms with E-state index < -0.39 is 10.0 Å². The number of sulfonamides is 1. The number of piperidine rings is 1. The highest BCUT2D eigenvalue weighted by molar-refractivity contribution is 7.89. The molecule has 16 heavy (non-hydrogen) atoms. The number of amides is 1. The third-order valence-corrected chi connectivity index (χ3v) is 4.99. The molecule has 1 saturated carbocycles. The van der Waals surface area contributed by atoms with Crippen molar-refractivity contribution in [2.45, 2.75) is 11.3 Å². The van der Waals surface area contributed by atoms with Gasteiger partial charge in [-0.25, -0.2) is 12.7 Å². The smallest absolute Gasteiger partial charge is 0.266 e. The molecule has 0 N–H and O–H groups in total. The van der Waals surface area contributed by atoms with Gasteiger partial charge < -0.3 is 0 Å². The summed E-state index contributed by atoms with van der Waals surface area (Å²) in [6, 6.07) is 8.11. The number of hydrogen-bond acceptors (Lipinski definition) is 3. The van der Waals surface area contributed by atoms with Crippen LogP contribution in [0.5, 0.6) is 0 Å². The molecule has 1 amide bonds. The molecule has 1 aliphatic heterocycles. The molecule has 0 radical (unpaired) electrons. The Bertz CT molecular complexity index is 538. The van der Waals surface area contributed by atoms with Crippen molar-refractivity contribution in [1.29, 1.82) is 0 Å². The fraction of sp³-hybridized carbons (Fsp3) is 0.364. The molecule has 1 saturated heterocycles. The quantitative estimate of drug-likeness (QED) is 0.766. The Hall–Kier alpha value is -1.36. The van der Waals surface area contributed by atoms with Crippen LogP contribution in [-0.4, -0.2) is 25.2 Å². The van der Waals surface area contributed by atoms with Crippen molar-refractivity contribution in [2.24, 2.45) is 11.8 Å². The molecule has 3 rings (SSSR count). The Morgan fingerprint density at radius 1 is 1.19 bits per heavy atom. The number of rotatable bonds is 2. The van der Waals surface area contributed by atoms with Crippen LogP contribution in [0, 0.1) is 11.8 Å². The van der Waals surface area contributed by atoms with Crippen LogP contribution in [0.1, 0.15) is 6.42 Å². The number of hydrogen-bond donors (Lipinski definition) is 0. The largest absolute Gasteiger partial charge is 0.273 e. The van der Waals surface area contributed by atoms with Gasteiger partial charge in [0, 0.05) is 12.5 Å². The molecular formula is C11H11NO3S. The number of carbonyl (C=O) groups is 1. The summed E-state index contributed by atoms with van der Waals surface area (Å²) >= 11 is 0. The summed E-state index contributed by atoms with van der Waals surface area (Å²) in [6.07, 6.45) is 0.861. The van der Waals surface area contributed by atoms with E-state index in [9.17, 15) is 13.2 Å². The van der Waals surface area contributed by atoms with Crippen molar-refractivity contribution in [1.82, 2.24) is 4.31 Å². The van der Waals surface area contributed by atoms with Gasteiger partial charge in [0.15, 0.2) is 0 Å². The predicted octanol–water partition coefficient (Wildman–Crippen LogP) is 0.854. The van der Waals surface area contributed by atoms with E-state index in [0.717, 1.165) is 10.7 Å². The summed E-state index contributed by atoms with van der Waals surface area (Å²) in [5.41, 5.74) is 0. The third-order valence-electron chi connectivity index (χ3n) is 3.22. The molecule has 0 spiro atoms. The summed E-state index contributed by atoms with van der Waals surface area (Å²) in [5.74, 6) is 0.0123. The molecule has 5 heteroatoms. The Morgan fingerprint density at radius 2 is 1.88 bits per heavy atom. The summed E-state index contributed by atoms with van der Waals surface area (Å²) < 4.78 is 25.3. The molecule has 0 bridgehead atoms. The first-order valence-electron chi connectivity index (χ1n) is 5.22. The summed E-state index contributed by atoms with van der Waals surface area (Å²) in [5, 5.41) is 0. The van der Waals surface area contributed by atoms with Crippen LogP contribution in [0.4, 0.5) is 0 Å². The SMILES string of the molecule is O=C1C2CC2CN1S(=O)(=O)c1ccccc1. The topological polar surface area (TPSA) is 54.5 Å². The van der Waals surface area contributed by atoms with Gasteiger partial charge in [-0.2, -0.15) is 0 Å². The third kappa shape index (κ3) is 1.28. The van der Waals surface area contributed by atoms with Crippen LogP contribution >= 0.6 is 0 Å². The van der Waals surface area contributed by atoms with E-state index in [1.54, 1.807) is 18.2 Å². The van der Waals surface area contributed by atoms with Gasteiger partial charge in [0.1, 0.15) is 0 Å². The van der Waals surface area contributed by atoms with Crippen molar-refractivity contribution >= 4 is 15.9 Å². The number of fused-ring (bicyclic) bond motifs is 1. The second kappa shape index (κ2) is 3.07. The minimum Gasteiger partial charge on any atom is -0.273 e. The fourth-order valence-corrected chi connectivity index (χ4v) is 3.69. The molecule has 4 nitrogen and oxygen atoms in total. The number of nitrogens with zero attached hydrogens (tertiary/aromatic N) is 1. The maximum absolute atomic E-state index is 12.1. The molecule has 1 aromatic carbocycles. The highest BCUT2D eigenvalue weighted by Crippen LogP contribution is 2.47. The van der Waals surface area contributed by atoms with Crippen LogP contribution in [0.3, 0.4) is 0 Å². The van der Waals surface area contributed by atoms with Crippen molar-refractivity contribution < 1.29 is 13.2 Å². The molecule has 2 unspecified atom stereocenters. The number of benzene rings is 1. The molecule has 2 aliphatic rings. The zero-order valence-corrected chi connectivity index (χ0v) is 9.35. The first-order chi connectivity index (χ1) is 7.60. The predicted molar refractivity (Wildman–Crippen MR) is 56.9 cm³/mol. The van der Waals surface area contributed by atoms with Crippen molar-refractivity contribution in [2.75, 3.05) is 6.54 Å². The lowest BCUT2D eigenvalue weighted by molar-refractivity contribution is -0.125. The van der Waals surface area contributed by atoms with Crippen molar-refractivity contribution in [3.8, 4) is 0 Å². The highest BCUT2D eigenvalue weighted by Gasteiger charge is 2.55. The maximum atomic E-state index is 12.1. The second-order valence-electron chi connectivity index (χ2n) is 4.29. The minimum atomic E-state index is -3.61. The first kappa shape index (κ1) is 9.84. The van der Waals surface area contributed by atoms with Crippen LogP contribution in [0.2, 0.25) is 0 Å². The van der Waals surface area contributed by atoms with E-state index in [4.69, 9.17) is 0 Å². The molecule has 1 aromatic rings. The Morgan fingerprint density at radius 3 is 2.44 bits per heavy atom. The van der Waals surface area contributed by atoms with E-state index in [1.807, 2.05) is 0 Å². The lowest BCUT2D eigenvalue weighted by Gasteiger charge is -2.18. The van der Waals surface area contributed by atoms with Crippen LogP contribution in [0.25, 0.3) is 0 Å². The minimum absolute atomic E-state index is 0.0292. The molecular weight excluding hydrogens is 226 g/mol. The zero-order valence-electron chi connectivity index (χ0n) is 8.54. The number of carbonyl (C=O) groups excluding carboxylic acids is 1. The van der Waals surface area contributed by atoms with Gasteiger partial charge >= 0.3 is 0 Å². The van der Waals surface area contributed by atoms with E-state index in [2.05, 4.69) is 0 Å². The lowest BCUT2D eigenvalue weighted by Crippen LogP contribution is -2.34. The molecule has 1 aliphatic carbocycles. The average Bonchev–Trinajstić information content (AvgIpc) is 2.99. The average molecular weight is 237 g/mol. The molecule has 2 fully saturated rings.